The zero-order valence-electron chi connectivity index (χ0n) is 21.5. The van der Waals surface area contributed by atoms with Gasteiger partial charge in [-0.25, -0.2) is 0 Å². The highest BCUT2D eigenvalue weighted by molar-refractivity contribution is 8.00. The fourth-order valence-electron chi connectivity index (χ4n) is 5.27. The first-order chi connectivity index (χ1) is 18.2. The van der Waals surface area contributed by atoms with Crippen LogP contribution < -0.4 is 26.4 Å². The zero-order chi connectivity index (χ0) is 27.3. The molecule has 2 aliphatic rings. The number of amides is 2. The molecule has 10 nitrogen and oxygen atoms in total. The normalized spacial score (nSPS) is 18.4. The van der Waals surface area contributed by atoms with Crippen molar-refractivity contribution in [3.05, 3.63) is 59.7 Å². The van der Waals surface area contributed by atoms with Crippen LogP contribution in [0.1, 0.15) is 55.7 Å². The molecular weight excluding hydrogens is 503 g/mol. The van der Waals surface area contributed by atoms with Crippen LogP contribution in [0.15, 0.2) is 58.4 Å². The Labute approximate surface area is 227 Å². The molecule has 0 bridgehead atoms. The molecule has 2 aromatic rings. The first-order valence-corrected chi connectivity index (χ1v) is 13.6. The minimum absolute atomic E-state index is 0.0528. The van der Waals surface area contributed by atoms with Crippen LogP contribution >= 0.6 is 11.9 Å². The fraction of sp³-hybridized carbons (Fsp3) is 0.423. The van der Waals surface area contributed by atoms with E-state index in [-0.39, 0.29) is 18.3 Å². The first-order valence-electron chi connectivity index (χ1n) is 12.9. The molecule has 0 spiro atoms. The number of fused-ring (bicyclic) bond motifs is 2. The van der Waals surface area contributed by atoms with Crippen molar-refractivity contribution in [2.75, 3.05) is 17.9 Å². The molecule has 0 aromatic heterocycles. The molecule has 202 valence electrons. The lowest BCUT2D eigenvalue weighted by Crippen LogP contribution is -2.56. The Morgan fingerprint density at radius 3 is 2.45 bits per heavy atom. The standard InChI is InChI=1S/C26H35BN6O4S/c1-33-19-11-4-2-9-17(19)22(18-10-3-5-12-20(18)38-33)32-24(35)26(14-6-7-15-26)23(34)31-21(27(36)37)13-8-16-30-25(28)29/h2-5,9-12,21-22,36-37H,6-8,13-16H2,1H3,(H,31,34)(H,32,35)(H4,28,29,30)/t21-,22?/m0/s1. The van der Waals surface area contributed by atoms with Crippen LogP contribution in [0.25, 0.3) is 0 Å². The van der Waals surface area contributed by atoms with Crippen LogP contribution in [-0.2, 0) is 9.59 Å². The van der Waals surface area contributed by atoms with E-state index in [1.807, 2.05) is 55.6 Å². The number of benzene rings is 2. The van der Waals surface area contributed by atoms with Gasteiger partial charge in [0.05, 0.1) is 17.7 Å². The van der Waals surface area contributed by atoms with Gasteiger partial charge in [-0.1, -0.05) is 49.2 Å². The molecule has 2 aromatic carbocycles. The molecule has 1 saturated carbocycles. The number of para-hydroxylation sites is 1. The average Bonchev–Trinajstić information content (AvgIpc) is 3.37. The summed E-state index contributed by atoms with van der Waals surface area (Å²) in [5, 5.41) is 25.8. The quantitative estimate of drug-likeness (QED) is 0.0697. The number of carbonyl (C=O) groups excluding carboxylic acids is 2. The second-order valence-electron chi connectivity index (χ2n) is 9.82. The molecule has 0 radical (unpaired) electrons. The van der Waals surface area contributed by atoms with E-state index in [2.05, 4.69) is 19.9 Å². The number of hydrogen-bond acceptors (Lipinski definition) is 7. The van der Waals surface area contributed by atoms with E-state index in [0.29, 0.717) is 25.8 Å². The van der Waals surface area contributed by atoms with Crippen LogP contribution in [0.3, 0.4) is 0 Å². The number of carbonyl (C=O) groups is 2. The van der Waals surface area contributed by atoms with Gasteiger partial charge in [-0.2, -0.15) is 0 Å². The van der Waals surface area contributed by atoms with Gasteiger partial charge >= 0.3 is 7.12 Å². The molecule has 1 fully saturated rings. The van der Waals surface area contributed by atoms with Gasteiger partial charge < -0.3 is 36.5 Å². The summed E-state index contributed by atoms with van der Waals surface area (Å²) in [4.78, 5) is 32.6. The predicted octanol–water partition coefficient (Wildman–Crippen LogP) is 1.46. The number of hydrogen-bond donors (Lipinski definition) is 6. The molecule has 2 amide bonds. The number of rotatable bonds is 9. The number of anilines is 1. The first kappa shape index (κ1) is 27.8. The summed E-state index contributed by atoms with van der Waals surface area (Å²) in [5.74, 6) is -1.85. The summed E-state index contributed by atoms with van der Waals surface area (Å²) >= 11 is 1.59. The Hall–Kier alpha value is -3.22. The van der Waals surface area contributed by atoms with Gasteiger partial charge in [0.2, 0.25) is 11.8 Å². The fourth-order valence-corrected chi connectivity index (χ4v) is 6.26. The summed E-state index contributed by atoms with van der Waals surface area (Å²) in [7, 11) is 0.206. The summed E-state index contributed by atoms with van der Waals surface area (Å²) in [6, 6.07) is 15.4. The van der Waals surface area contributed by atoms with Gasteiger partial charge in [-0.15, -0.1) is 0 Å². The summed E-state index contributed by atoms with van der Waals surface area (Å²) in [6.07, 6.45) is 2.91. The monoisotopic (exact) mass is 538 g/mol. The summed E-state index contributed by atoms with van der Waals surface area (Å²) in [6.45, 7) is 0.292. The SMILES string of the molecule is CN1Sc2ccccc2C(NC(=O)C2(C(=O)N[C@@H](CCCN=C(N)N)B(O)O)CCCC2)c2ccccc21. The maximum absolute atomic E-state index is 14.0. The van der Waals surface area contributed by atoms with Gasteiger partial charge in [0.25, 0.3) is 0 Å². The van der Waals surface area contributed by atoms with Gasteiger partial charge in [-0.05, 0) is 55.3 Å². The molecule has 8 N–H and O–H groups in total. The highest BCUT2D eigenvalue weighted by Gasteiger charge is 2.49. The Morgan fingerprint density at radius 2 is 1.76 bits per heavy atom. The maximum Gasteiger partial charge on any atom is 0.475 e. The second-order valence-corrected chi connectivity index (χ2v) is 11.0. The van der Waals surface area contributed by atoms with Gasteiger partial charge in [0.15, 0.2) is 5.96 Å². The molecule has 1 heterocycles. The lowest BCUT2D eigenvalue weighted by molar-refractivity contribution is -0.144. The lowest BCUT2D eigenvalue weighted by Gasteiger charge is -2.31. The van der Waals surface area contributed by atoms with E-state index in [4.69, 9.17) is 11.5 Å². The molecule has 12 heteroatoms. The number of nitrogens with zero attached hydrogens (tertiary/aromatic N) is 2. The Balaban J connectivity index is 1.59. The largest absolute Gasteiger partial charge is 0.475 e. The van der Waals surface area contributed by atoms with Crippen LogP contribution in [0.2, 0.25) is 0 Å². The van der Waals surface area contributed by atoms with Crippen LogP contribution in [-0.4, -0.2) is 54.5 Å². The zero-order valence-corrected chi connectivity index (χ0v) is 22.3. The predicted molar refractivity (Wildman–Crippen MR) is 150 cm³/mol. The van der Waals surface area contributed by atoms with Crippen molar-refractivity contribution in [1.29, 1.82) is 0 Å². The van der Waals surface area contributed by atoms with Crippen LogP contribution in [0.4, 0.5) is 5.69 Å². The third-order valence-corrected chi connectivity index (χ3v) is 8.34. The second kappa shape index (κ2) is 12.1. The Bertz CT molecular complexity index is 1190. The molecule has 1 aliphatic carbocycles. The van der Waals surface area contributed by atoms with E-state index >= 15 is 0 Å². The Morgan fingerprint density at radius 1 is 1.11 bits per heavy atom. The lowest BCUT2D eigenvalue weighted by atomic mass is 9.75. The van der Waals surface area contributed by atoms with Gasteiger partial charge in [-0.3, -0.25) is 14.6 Å². The van der Waals surface area contributed by atoms with Crippen molar-refractivity contribution in [2.24, 2.45) is 21.9 Å². The van der Waals surface area contributed by atoms with Gasteiger partial charge in [0.1, 0.15) is 5.41 Å². The number of nitrogens with one attached hydrogen (secondary N) is 2. The minimum atomic E-state index is -1.78. The highest BCUT2D eigenvalue weighted by atomic mass is 32.2. The molecule has 0 saturated heterocycles. The topological polar surface area (TPSA) is 166 Å². The van der Waals surface area contributed by atoms with Crippen molar-refractivity contribution in [1.82, 2.24) is 10.6 Å². The molecular formula is C26H35BN6O4S. The van der Waals surface area contributed by atoms with E-state index in [1.54, 1.807) is 11.9 Å². The van der Waals surface area contributed by atoms with E-state index in [0.717, 1.165) is 34.6 Å². The summed E-state index contributed by atoms with van der Waals surface area (Å²) in [5.41, 5.74) is 12.3. The average molecular weight is 538 g/mol. The van der Waals surface area contributed by atoms with E-state index in [9.17, 15) is 19.6 Å². The molecule has 38 heavy (non-hydrogen) atoms. The van der Waals surface area contributed by atoms with Crippen molar-refractivity contribution >= 4 is 42.5 Å². The van der Waals surface area contributed by atoms with Crippen LogP contribution in [0.5, 0.6) is 0 Å². The maximum atomic E-state index is 14.0. The number of guanidine groups is 1. The molecule has 1 aliphatic heterocycles. The van der Waals surface area contributed by atoms with Crippen molar-refractivity contribution in [3.63, 3.8) is 0 Å². The molecule has 4 rings (SSSR count). The number of nitrogens with two attached hydrogens (primary N) is 2. The van der Waals surface area contributed by atoms with E-state index < -0.39 is 30.4 Å². The highest BCUT2D eigenvalue weighted by Crippen LogP contribution is 2.44. The summed E-state index contributed by atoms with van der Waals surface area (Å²) < 4.78 is 2.08. The Kier molecular flexibility index (Phi) is 8.85. The van der Waals surface area contributed by atoms with Crippen molar-refractivity contribution in [2.45, 2.75) is 55.4 Å². The van der Waals surface area contributed by atoms with Gasteiger partial charge in [0, 0.05) is 24.1 Å². The number of aliphatic imine (C=N–C) groups is 1. The smallest absolute Gasteiger partial charge is 0.426 e. The third-order valence-electron chi connectivity index (χ3n) is 7.30. The van der Waals surface area contributed by atoms with Crippen molar-refractivity contribution in [3.8, 4) is 0 Å². The van der Waals surface area contributed by atoms with Crippen LogP contribution in [0, 0.1) is 5.41 Å². The van der Waals surface area contributed by atoms with E-state index in [1.165, 1.54) is 0 Å². The molecule has 2 atom stereocenters. The van der Waals surface area contributed by atoms with Crippen molar-refractivity contribution < 1.29 is 19.6 Å². The minimum Gasteiger partial charge on any atom is -0.426 e. The third kappa shape index (κ3) is 5.92. The molecule has 1 unspecified atom stereocenters.